The molecule has 9 heteroatoms. The van der Waals surface area contributed by atoms with E-state index in [0.717, 1.165) is 19.3 Å². The van der Waals surface area contributed by atoms with E-state index in [1.807, 2.05) is 6.92 Å². The van der Waals surface area contributed by atoms with Crippen LogP contribution in [0.5, 0.6) is 5.88 Å². The lowest BCUT2D eigenvalue weighted by Crippen LogP contribution is -2.16. The van der Waals surface area contributed by atoms with E-state index in [2.05, 4.69) is 20.2 Å². The second-order valence-corrected chi connectivity index (χ2v) is 5.72. The quantitative estimate of drug-likeness (QED) is 0.771. The minimum atomic E-state index is -0.199. The average molecular weight is 308 g/mol. The molecule has 0 saturated heterocycles. The van der Waals surface area contributed by atoms with Gasteiger partial charge in [0.25, 0.3) is 0 Å². The van der Waals surface area contributed by atoms with Crippen LogP contribution in [0.25, 0.3) is 0 Å². The van der Waals surface area contributed by atoms with Gasteiger partial charge in [-0.3, -0.25) is 4.57 Å². The van der Waals surface area contributed by atoms with Crippen LogP contribution in [0.1, 0.15) is 32.2 Å². The number of nitrogens with zero attached hydrogens (tertiary/aromatic N) is 4. The zero-order chi connectivity index (χ0) is 14.8. The Morgan fingerprint density at radius 1 is 1.52 bits per heavy atom. The third kappa shape index (κ3) is 2.87. The van der Waals surface area contributed by atoms with Crippen LogP contribution in [-0.2, 0) is 0 Å². The number of H-pyrrole nitrogens is 1. The molecule has 0 aliphatic heterocycles. The van der Waals surface area contributed by atoms with Crippen LogP contribution < -0.4 is 16.2 Å². The van der Waals surface area contributed by atoms with Gasteiger partial charge in [0.15, 0.2) is 5.16 Å². The summed E-state index contributed by atoms with van der Waals surface area (Å²) < 4.78 is 7.12. The first-order valence-corrected chi connectivity index (χ1v) is 7.60. The summed E-state index contributed by atoms with van der Waals surface area (Å²) in [5.74, 6) is 0.366. The number of ether oxygens (including phenoxy) is 1. The number of nitrogens with one attached hydrogen (secondary N) is 1. The highest BCUT2D eigenvalue weighted by atomic mass is 32.2. The minimum Gasteiger partial charge on any atom is -0.476 e. The van der Waals surface area contributed by atoms with Crippen molar-refractivity contribution in [2.45, 2.75) is 42.4 Å². The number of aromatic nitrogens is 5. The van der Waals surface area contributed by atoms with Crippen LogP contribution in [-0.4, -0.2) is 31.3 Å². The zero-order valence-electron chi connectivity index (χ0n) is 11.6. The molecular formula is C12H16N6O2S. The van der Waals surface area contributed by atoms with Crippen LogP contribution in [0, 0.1) is 0 Å². The highest BCUT2D eigenvalue weighted by Crippen LogP contribution is 2.39. The second kappa shape index (κ2) is 5.76. The van der Waals surface area contributed by atoms with E-state index in [1.165, 1.54) is 18.1 Å². The van der Waals surface area contributed by atoms with Crippen molar-refractivity contribution >= 4 is 17.4 Å². The maximum absolute atomic E-state index is 11.7. The van der Waals surface area contributed by atoms with Crippen molar-refractivity contribution in [2.24, 2.45) is 0 Å². The van der Waals surface area contributed by atoms with E-state index in [4.69, 9.17) is 10.5 Å². The first-order valence-electron chi connectivity index (χ1n) is 6.78. The summed E-state index contributed by atoms with van der Waals surface area (Å²) in [6.45, 7) is 2.55. The van der Waals surface area contributed by atoms with Gasteiger partial charge in [-0.05, 0) is 31.0 Å². The molecule has 2 heterocycles. The zero-order valence-corrected chi connectivity index (χ0v) is 12.4. The SMILES string of the molecule is CCCOc1ncnc(Sc2n[nH]c(=O)n2C2CC2)c1N. The first-order chi connectivity index (χ1) is 10.2. The fraction of sp³-hybridized carbons (Fsp3) is 0.500. The number of anilines is 1. The van der Waals surface area contributed by atoms with Gasteiger partial charge >= 0.3 is 5.69 Å². The van der Waals surface area contributed by atoms with Crippen molar-refractivity contribution in [3.8, 4) is 5.88 Å². The lowest BCUT2D eigenvalue weighted by molar-refractivity contribution is 0.305. The topological polar surface area (TPSA) is 112 Å². The Labute approximate surface area is 125 Å². The molecular weight excluding hydrogens is 292 g/mol. The van der Waals surface area contributed by atoms with Crippen LogP contribution in [0.15, 0.2) is 21.3 Å². The summed E-state index contributed by atoms with van der Waals surface area (Å²) >= 11 is 1.24. The number of hydrogen-bond donors (Lipinski definition) is 2. The molecule has 0 radical (unpaired) electrons. The largest absolute Gasteiger partial charge is 0.476 e. The summed E-state index contributed by atoms with van der Waals surface area (Å²) in [4.78, 5) is 19.9. The molecule has 0 aromatic carbocycles. The summed E-state index contributed by atoms with van der Waals surface area (Å²) in [6.07, 6.45) is 4.26. The molecule has 3 rings (SSSR count). The second-order valence-electron chi connectivity index (χ2n) is 4.76. The van der Waals surface area contributed by atoms with Crippen molar-refractivity contribution in [3.05, 3.63) is 16.8 Å². The third-order valence-electron chi connectivity index (χ3n) is 3.03. The Balaban J connectivity index is 1.86. The molecule has 8 nitrogen and oxygen atoms in total. The van der Waals surface area contributed by atoms with Crippen molar-refractivity contribution in [1.29, 1.82) is 0 Å². The molecule has 1 fully saturated rings. The van der Waals surface area contributed by atoms with Gasteiger partial charge in [0.2, 0.25) is 5.88 Å². The Morgan fingerprint density at radius 3 is 3.05 bits per heavy atom. The molecule has 112 valence electrons. The molecule has 0 atom stereocenters. The summed E-state index contributed by atoms with van der Waals surface area (Å²) in [6, 6.07) is 0.234. The Bertz CT molecular complexity index is 693. The monoisotopic (exact) mass is 308 g/mol. The summed E-state index contributed by atoms with van der Waals surface area (Å²) in [5.41, 5.74) is 6.19. The molecule has 0 bridgehead atoms. The smallest absolute Gasteiger partial charge is 0.344 e. The highest BCUT2D eigenvalue weighted by molar-refractivity contribution is 7.99. The van der Waals surface area contributed by atoms with Crippen LogP contribution >= 0.6 is 11.8 Å². The lowest BCUT2D eigenvalue weighted by Gasteiger charge is -2.09. The molecule has 1 aliphatic carbocycles. The molecule has 3 N–H and O–H groups in total. The Morgan fingerprint density at radius 2 is 2.33 bits per heavy atom. The van der Waals surface area contributed by atoms with E-state index in [0.29, 0.717) is 28.4 Å². The van der Waals surface area contributed by atoms with Gasteiger partial charge in [-0.1, -0.05) is 6.92 Å². The van der Waals surface area contributed by atoms with E-state index in [9.17, 15) is 4.79 Å². The summed E-state index contributed by atoms with van der Waals surface area (Å²) in [5, 5.41) is 7.61. The number of hydrogen-bond acceptors (Lipinski definition) is 7. The molecule has 1 saturated carbocycles. The maximum atomic E-state index is 11.7. The molecule has 0 spiro atoms. The van der Waals surface area contributed by atoms with E-state index < -0.39 is 0 Å². The van der Waals surface area contributed by atoms with E-state index in [-0.39, 0.29) is 11.7 Å². The predicted molar refractivity (Wildman–Crippen MR) is 77.5 cm³/mol. The number of nitrogen functional groups attached to an aromatic ring is 1. The van der Waals surface area contributed by atoms with Gasteiger partial charge in [0, 0.05) is 6.04 Å². The van der Waals surface area contributed by atoms with Gasteiger partial charge in [-0.15, -0.1) is 5.10 Å². The van der Waals surface area contributed by atoms with Gasteiger partial charge in [-0.25, -0.2) is 14.9 Å². The van der Waals surface area contributed by atoms with Crippen LogP contribution in [0.2, 0.25) is 0 Å². The fourth-order valence-corrected chi connectivity index (χ4v) is 2.75. The number of aromatic amines is 1. The van der Waals surface area contributed by atoms with Crippen LogP contribution in [0.4, 0.5) is 5.69 Å². The van der Waals surface area contributed by atoms with Crippen LogP contribution in [0.3, 0.4) is 0 Å². The van der Waals surface area contributed by atoms with Crippen molar-refractivity contribution in [3.63, 3.8) is 0 Å². The van der Waals surface area contributed by atoms with Crippen molar-refractivity contribution in [2.75, 3.05) is 12.3 Å². The van der Waals surface area contributed by atoms with E-state index >= 15 is 0 Å². The average Bonchev–Trinajstić information content (AvgIpc) is 3.24. The lowest BCUT2D eigenvalue weighted by atomic mass is 10.5. The Kier molecular flexibility index (Phi) is 3.82. The molecule has 2 aromatic rings. The Hall–Kier alpha value is -2.03. The van der Waals surface area contributed by atoms with Crippen molar-refractivity contribution in [1.82, 2.24) is 24.7 Å². The van der Waals surface area contributed by atoms with Gasteiger partial charge in [0.05, 0.1) is 6.61 Å². The standard InChI is InChI=1S/C12H16N6O2S/c1-2-5-20-9-8(13)10(15-6-14-9)21-12-17-16-11(19)18(12)7-3-4-7/h6-7H,2-5,13H2,1H3,(H,16,19). The van der Waals surface area contributed by atoms with Gasteiger partial charge < -0.3 is 10.5 Å². The fourth-order valence-electron chi connectivity index (χ4n) is 1.86. The van der Waals surface area contributed by atoms with E-state index in [1.54, 1.807) is 4.57 Å². The van der Waals surface area contributed by atoms with Crippen molar-refractivity contribution < 1.29 is 4.74 Å². The summed E-state index contributed by atoms with van der Waals surface area (Å²) in [7, 11) is 0. The maximum Gasteiger partial charge on any atom is 0.344 e. The molecule has 2 aromatic heterocycles. The minimum absolute atomic E-state index is 0.199. The third-order valence-corrected chi connectivity index (χ3v) is 4.01. The first kappa shape index (κ1) is 13.9. The molecule has 0 unspecified atom stereocenters. The van der Waals surface area contributed by atoms with Gasteiger partial charge in [-0.2, -0.15) is 4.98 Å². The number of nitrogens with two attached hydrogens (primary N) is 1. The molecule has 21 heavy (non-hydrogen) atoms. The normalized spacial score (nSPS) is 14.3. The number of rotatable bonds is 6. The molecule has 0 amide bonds. The van der Waals surface area contributed by atoms with Gasteiger partial charge in [0.1, 0.15) is 17.0 Å². The highest BCUT2D eigenvalue weighted by Gasteiger charge is 2.29. The molecule has 1 aliphatic rings. The predicted octanol–water partition coefficient (Wildman–Crippen LogP) is 1.22.